The van der Waals surface area contributed by atoms with Crippen molar-refractivity contribution in [3.63, 3.8) is 0 Å². The highest BCUT2D eigenvalue weighted by molar-refractivity contribution is 7.99. The highest BCUT2D eigenvalue weighted by Crippen LogP contribution is 2.38. The van der Waals surface area contributed by atoms with Gasteiger partial charge in [0.15, 0.2) is 0 Å². The summed E-state index contributed by atoms with van der Waals surface area (Å²) < 4.78 is 13.9. The number of likely N-dealkylation sites (tertiary alicyclic amines) is 1. The molecule has 1 saturated carbocycles. The molecule has 2 atom stereocenters. The number of fused-ring (bicyclic) bond motifs is 1. The highest BCUT2D eigenvalue weighted by Gasteiger charge is 2.38. The van der Waals surface area contributed by atoms with Gasteiger partial charge in [-0.25, -0.2) is 4.39 Å². The Labute approximate surface area is 145 Å². The van der Waals surface area contributed by atoms with Crippen LogP contribution in [0.1, 0.15) is 37.3 Å². The first-order chi connectivity index (χ1) is 11.6. The molecule has 128 valence electrons. The smallest absolute Gasteiger partial charge is 0.225 e. The van der Waals surface area contributed by atoms with Crippen molar-refractivity contribution in [2.24, 2.45) is 11.8 Å². The van der Waals surface area contributed by atoms with Gasteiger partial charge in [0.1, 0.15) is 5.82 Å². The summed E-state index contributed by atoms with van der Waals surface area (Å²) in [6, 6.07) is 4.88. The SMILES string of the molecule is O=C(N[C@H]1CCSc2c(F)cccc21)[C@H]1CC(=O)N(CC2CC2)C1. The van der Waals surface area contributed by atoms with Crippen LogP contribution >= 0.6 is 11.8 Å². The summed E-state index contributed by atoms with van der Waals surface area (Å²) in [5.74, 6) is 0.949. The predicted octanol–water partition coefficient (Wildman–Crippen LogP) is 2.74. The summed E-state index contributed by atoms with van der Waals surface area (Å²) in [4.78, 5) is 27.2. The fourth-order valence-electron chi connectivity index (χ4n) is 3.56. The van der Waals surface area contributed by atoms with E-state index < -0.39 is 0 Å². The molecule has 4 rings (SSSR count). The monoisotopic (exact) mass is 348 g/mol. The lowest BCUT2D eigenvalue weighted by molar-refractivity contribution is -0.129. The predicted molar refractivity (Wildman–Crippen MR) is 90.0 cm³/mol. The molecule has 24 heavy (non-hydrogen) atoms. The summed E-state index contributed by atoms with van der Waals surface area (Å²) in [5.41, 5.74) is 0.860. The summed E-state index contributed by atoms with van der Waals surface area (Å²) in [6.45, 7) is 1.33. The molecule has 3 aliphatic rings. The van der Waals surface area contributed by atoms with Gasteiger partial charge in [0, 0.05) is 30.2 Å². The topological polar surface area (TPSA) is 49.4 Å². The maximum atomic E-state index is 13.9. The molecular weight excluding hydrogens is 327 g/mol. The summed E-state index contributed by atoms with van der Waals surface area (Å²) >= 11 is 1.50. The molecule has 1 saturated heterocycles. The zero-order valence-electron chi connectivity index (χ0n) is 13.5. The average Bonchev–Trinajstić information content (AvgIpc) is 3.31. The lowest BCUT2D eigenvalue weighted by Crippen LogP contribution is -2.37. The number of carbonyl (C=O) groups is 2. The number of hydrogen-bond acceptors (Lipinski definition) is 3. The van der Waals surface area contributed by atoms with E-state index in [4.69, 9.17) is 0 Å². The van der Waals surface area contributed by atoms with Gasteiger partial charge < -0.3 is 10.2 Å². The first-order valence-corrected chi connectivity index (χ1v) is 9.59. The standard InChI is InChI=1S/C18H21FN2O2S/c19-14-3-1-2-13-15(6-7-24-17(13)14)20-18(23)12-8-16(22)21(10-12)9-11-4-5-11/h1-3,11-12,15H,4-10H2,(H,20,23)/t12-,15-/m0/s1. The van der Waals surface area contributed by atoms with Crippen molar-refractivity contribution in [3.8, 4) is 0 Å². The zero-order valence-corrected chi connectivity index (χ0v) is 14.3. The van der Waals surface area contributed by atoms with Crippen molar-refractivity contribution in [3.05, 3.63) is 29.6 Å². The van der Waals surface area contributed by atoms with E-state index in [0.29, 0.717) is 23.8 Å². The van der Waals surface area contributed by atoms with Crippen LogP contribution < -0.4 is 5.32 Å². The zero-order chi connectivity index (χ0) is 16.7. The van der Waals surface area contributed by atoms with Crippen molar-refractivity contribution in [1.82, 2.24) is 10.2 Å². The lowest BCUT2D eigenvalue weighted by atomic mass is 10.0. The maximum Gasteiger partial charge on any atom is 0.225 e. The molecule has 6 heteroatoms. The van der Waals surface area contributed by atoms with Crippen LogP contribution in [-0.2, 0) is 9.59 Å². The second-order valence-electron chi connectivity index (χ2n) is 7.00. The van der Waals surface area contributed by atoms with Gasteiger partial charge in [-0.2, -0.15) is 0 Å². The largest absolute Gasteiger partial charge is 0.349 e. The van der Waals surface area contributed by atoms with E-state index in [-0.39, 0.29) is 29.6 Å². The van der Waals surface area contributed by atoms with E-state index in [1.165, 1.54) is 30.7 Å². The van der Waals surface area contributed by atoms with Gasteiger partial charge in [-0.3, -0.25) is 9.59 Å². The van der Waals surface area contributed by atoms with E-state index in [1.807, 2.05) is 11.0 Å². The van der Waals surface area contributed by atoms with Crippen LogP contribution in [0.4, 0.5) is 4.39 Å². The van der Waals surface area contributed by atoms with Crippen molar-refractivity contribution in [2.45, 2.75) is 36.6 Å². The molecule has 2 aliphatic heterocycles. The molecule has 0 unspecified atom stereocenters. The molecule has 0 bridgehead atoms. The minimum absolute atomic E-state index is 0.0752. The minimum atomic E-state index is -0.275. The van der Waals surface area contributed by atoms with Gasteiger partial charge in [0.2, 0.25) is 11.8 Å². The molecule has 1 N–H and O–H groups in total. The molecule has 0 aromatic heterocycles. The number of carbonyl (C=O) groups excluding carboxylic acids is 2. The first-order valence-electron chi connectivity index (χ1n) is 8.61. The number of benzene rings is 1. The van der Waals surface area contributed by atoms with E-state index in [0.717, 1.165) is 24.3 Å². The summed E-state index contributed by atoms with van der Waals surface area (Å²) in [5, 5.41) is 3.06. The Hall–Kier alpha value is -1.56. The van der Waals surface area contributed by atoms with Crippen LogP contribution in [0.25, 0.3) is 0 Å². The quantitative estimate of drug-likeness (QED) is 0.910. The second kappa shape index (κ2) is 6.39. The van der Waals surface area contributed by atoms with Crippen LogP contribution in [0.5, 0.6) is 0 Å². The third-order valence-electron chi connectivity index (χ3n) is 5.10. The van der Waals surface area contributed by atoms with Crippen molar-refractivity contribution in [1.29, 1.82) is 0 Å². The number of nitrogens with one attached hydrogen (secondary N) is 1. The molecule has 2 amide bonds. The van der Waals surface area contributed by atoms with Gasteiger partial charge in [-0.05, 0) is 36.8 Å². The number of nitrogens with zero attached hydrogens (tertiary/aromatic N) is 1. The second-order valence-corrected chi connectivity index (χ2v) is 8.10. The van der Waals surface area contributed by atoms with Crippen molar-refractivity contribution >= 4 is 23.6 Å². The molecule has 1 aliphatic carbocycles. The summed E-state index contributed by atoms with van der Waals surface area (Å²) in [6.07, 6.45) is 3.49. The van der Waals surface area contributed by atoms with Gasteiger partial charge in [0.05, 0.1) is 12.0 Å². The van der Waals surface area contributed by atoms with Crippen LogP contribution in [0.15, 0.2) is 23.1 Å². The van der Waals surface area contributed by atoms with Crippen molar-refractivity contribution in [2.75, 3.05) is 18.8 Å². The molecule has 0 spiro atoms. The van der Waals surface area contributed by atoms with Gasteiger partial charge in [-0.15, -0.1) is 11.8 Å². The Balaban J connectivity index is 1.42. The molecule has 0 radical (unpaired) electrons. The van der Waals surface area contributed by atoms with Gasteiger partial charge in [-0.1, -0.05) is 12.1 Å². The fraction of sp³-hybridized carbons (Fsp3) is 0.556. The van der Waals surface area contributed by atoms with E-state index in [1.54, 1.807) is 6.07 Å². The third kappa shape index (κ3) is 3.16. The van der Waals surface area contributed by atoms with Gasteiger partial charge in [0.25, 0.3) is 0 Å². The Morgan fingerprint density at radius 2 is 2.17 bits per heavy atom. The molecule has 2 heterocycles. The Morgan fingerprint density at radius 3 is 2.96 bits per heavy atom. The molecule has 1 aromatic carbocycles. The molecule has 4 nitrogen and oxygen atoms in total. The number of halogens is 1. The normalized spacial score (nSPS) is 26.4. The highest BCUT2D eigenvalue weighted by atomic mass is 32.2. The van der Waals surface area contributed by atoms with E-state index in [2.05, 4.69) is 5.32 Å². The lowest BCUT2D eigenvalue weighted by Gasteiger charge is -2.27. The van der Waals surface area contributed by atoms with Crippen LogP contribution in [0, 0.1) is 17.7 Å². The van der Waals surface area contributed by atoms with Gasteiger partial charge >= 0.3 is 0 Å². The number of thioether (sulfide) groups is 1. The minimum Gasteiger partial charge on any atom is -0.349 e. The Bertz CT molecular complexity index is 677. The molecule has 1 aromatic rings. The van der Waals surface area contributed by atoms with Crippen LogP contribution in [-0.4, -0.2) is 35.6 Å². The van der Waals surface area contributed by atoms with Crippen LogP contribution in [0.3, 0.4) is 0 Å². The summed E-state index contributed by atoms with van der Waals surface area (Å²) in [7, 11) is 0. The molecule has 2 fully saturated rings. The molecular formula is C18H21FN2O2S. The average molecular weight is 348 g/mol. The Morgan fingerprint density at radius 1 is 1.33 bits per heavy atom. The number of hydrogen-bond donors (Lipinski definition) is 1. The van der Waals surface area contributed by atoms with Crippen molar-refractivity contribution < 1.29 is 14.0 Å². The van der Waals surface area contributed by atoms with E-state index in [9.17, 15) is 14.0 Å². The Kier molecular flexibility index (Phi) is 4.24. The van der Waals surface area contributed by atoms with Crippen LogP contribution in [0.2, 0.25) is 0 Å². The third-order valence-corrected chi connectivity index (χ3v) is 6.26. The first kappa shape index (κ1) is 15.9. The van der Waals surface area contributed by atoms with E-state index >= 15 is 0 Å². The number of amides is 2. The fourth-order valence-corrected chi connectivity index (χ4v) is 4.70. The number of rotatable bonds is 4. The maximum absolute atomic E-state index is 13.9.